The quantitative estimate of drug-likeness (QED) is 0.616. The first-order valence-electron chi connectivity index (χ1n) is 9.67. The minimum atomic E-state index is -0.0560. The number of aromatic nitrogens is 3. The van der Waals surface area contributed by atoms with Crippen molar-refractivity contribution in [1.29, 1.82) is 0 Å². The molecule has 0 bridgehead atoms. The molecular weight excluding hydrogens is 409 g/mol. The first kappa shape index (κ1) is 21.6. The van der Waals surface area contributed by atoms with Gasteiger partial charge in [-0.3, -0.25) is 9.69 Å². The first-order valence-corrected chi connectivity index (χ1v) is 10.0. The van der Waals surface area contributed by atoms with E-state index in [0.29, 0.717) is 17.4 Å². The highest BCUT2D eigenvalue weighted by Gasteiger charge is 2.17. The Labute approximate surface area is 181 Å². The van der Waals surface area contributed by atoms with E-state index in [1.807, 2.05) is 43.3 Å². The smallest absolute Gasteiger partial charge is 0.277 e. The zero-order valence-corrected chi connectivity index (χ0v) is 18.0. The molecule has 29 heavy (non-hydrogen) atoms. The predicted octanol–water partition coefficient (Wildman–Crippen LogP) is 3.39. The van der Waals surface area contributed by atoms with Crippen LogP contribution in [-0.4, -0.2) is 52.6 Å². The molecule has 8 heteroatoms. The summed E-state index contributed by atoms with van der Waals surface area (Å²) >= 11 is 6.10. The number of hydrogen-bond donors (Lipinski definition) is 0. The first-order chi connectivity index (χ1) is 13.6. The molecule has 0 saturated carbocycles. The third-order valence-electron chi connectivity index (χ3n) is 5.27. The molecule has 1 aliphatic rings. The zero-order chi connectivity index (χ0) is 19.5. The summed E-state index contributed by atoms with van der Waals surface area (Å²) in [6, 6.07) is 13.7. The van der Waals surface area contributed by atoms with Gasteiger partial charge in [-0.25, -0.2) is 4.68 Å². The molecule has 0 amide bonds. The molecule has 154 valence electrons. The second-order valence-corrected chi connectivity index (χ2v) is 7.74. The summed E-state index contributed by atoms with van der Waals surface area (Å²) in [5.74, 6) is 0. The maximum atomic E-state index is 12.6. The highest BCUT2D eigenvalue weighted by atomic mass is 35.5. The summed E-state index contributed by atoms with van der Waals surface area (Å²) in [6.45, 7) is 7.49. The average Bonchev–Trinajstić information content (AvgIpc) is 2.71. The lowest BCUT2D eigenvalue weighted by Crippen LogP contribution is -2.46. The van der Waals surface area contributed by atoms with Crippen LogP contribution in [0.3, 0.4) is 0 Å². The van der Waals surface area contributed by atoms with Crippen molar-refractivity contribution in [3.05, 3.63) is 63.4 Å². The van der Waals surface area contributed by atoms with Crippen molar-refractivity contribution in [3.63, 3.8) is 0 Å². The fraction of sp³-hybridized carbons (Fsp3) is 0.381. The van der Waals surface area contributed by atoms with Crippen LogP contribution in [0, 0.1) is 6.92 Å². The van der Waals surface area contributed by atoms with Crippen LogP contribution in [0.5, 0.6) is 0 Å². The summed E-state index contributed by atoms with van der Waals surface area (Å²) in [7, 11) is 0. The largest absolute Gasteiger partial charge is 0.369 e. The van der Waals surface area contributed by atoms with Crippen LogP contribution in [0.25, 0.3) is 10.9 Å². The van der Waals surface area contributed by atoms with E-state index in [1.165, 1.54) is 10.4 Å². The zero-order valence-electron chi connectivity index (χ0n) is 16.4. The lowest BCUT2D eigenvalue weighted by atomic mass is 10.2. The van der Waals surface area contributed by atoms with E-state index in [4.69, 9.17) is 11.6 Å². The van der Waals surface area contributed by atoms with Crippen molar-refractivity contribution in [2.75, 3.05) is 37.6 Å². The van der Waals surface area contributed by atoms with Gasteiger partial charge in [-0.05, 0) is 43.7 Å². The maximum Gasteiger partial charge on any atom is 0.277 e. The average molecular weight is 434 g/mol. The Morgan fingerprint density at radius 3 is 2.59 bits per heavy atom. The van der Waals surface area contributed by atoms with Crippen LogP contribution in [0.4, 0.5) is 5.69 Å². The lowest BCUT2D eigenvalue weighted by molar-refractivity contribution is 0.248. The summed E-state index contributed by atoms with van der Waals surface area (Å²) < 4.78 is 1.49. The van der Waals surface area contributed by atoms with Crippen molar-refractivity contribution in [1.82, 2.24) is 19.9 Å². The molecule has 0 N–H and O–H groups in total. The number of rotatable bonds is 5. The van der Waals surface area contributed by atoms with Gasteiger partial charge < -0.3 is 4.90 Å². The number of fused-ring (bicyclic) bond motifs is 1. The molecule has 1 aromatic heterocycles. The molecule has 0 spiro atoms. The van der Waals surface area contributed by atoms with E-state index in [1.54, 1.807) is 0 Å². The molecular formula is C21H25Cl2N5O. The van der Waals surface area contributed by atoms with Crippen LogP contribution in [0.2, 0.25) is 5.02 Å². The van der Waals surface area contributed by atoms with Crippen LogP contribution in [0.1, 0.15) is 12.0 Å². The summed E-state index contributed by atoms with van der Waals surface area (Å²) in [5, 5.41) is 9.69. The molecule has 2 aromatic carbocycles. The fourth-order valence-corrected chi connectivity index (χ4v) is 3.87. The topological polar surface area (TPSA) is 54.3 Å². The Hall–Kier alpha value is -2.15. The Balaban J connectivity index is 0.00000240. The number of hydrogen-bond acceptors (Lipinski definition) is 5. The van der Waals surface area contributed by atoms with Crippen LogP contribution < -0.4 is 10.5 Å². The van der Waals surface area contributed by atoms with Gasteiger partial charge >= 0.3 is 0 Å². The third-order valence-corrected chi connectivity index (χ3v) is 5.50. The molecule has 3 aromatic rings. The normalized spacial score (nSPS) is 14.8. The van der Waals surface area contributed by atoms with Gasteiger partial charge in [0.1, 0.15) is 5.52 Å². The van der Waals surface area contributed by atoms with Crippen molar-refractivity contribution in [2.24, 2.45) is 0 Å². The van der Waals surface area contributed by atoms with Gasteiger partial charge in [-0.15, -0.1) is 17.5 Å². The molecule has 4 rings (SSSR count). The third kappa shape index (κ3) is 5.07. The van der Waals surface area contributed by atoms with Crippen molar-refractivity contribution >= 4 is 40.6 Å². The monoisotopic (exact) mass is 433 g/mol. The number of nitrogens with zero attached hydrogens (tertiary/aromatic N) is 5. The van der Waals surface area contributed by atoms with Gasteiger partial charge in [0.2, 0.25) is 0 Å². The standard InChI is InChI=1S/C21H24ClN5O.ClH/c1-16-6-7-20-19(14-16)21(28)27(24-23-20)9-3-8-25-10-12-26(13-11-25)18-5-2-4-17(22)15-18;/h2,4-7,14-15H,3,8-13H2,1H3;1H. The van der Waals surface area contributed by atoms with Gasteiger partial charge in [0.05, 0.1) is 5.39 Å². The highest BCUT2D eigenvalue weighted by Crippen LogP contribution is 2.20. The Morgan fingerprint density at radius 1 is 1.03 bits per heavy atom. The minimum Gasteiger partial charge on any atom is -0.369 e. The number of halogens is 2. The van der Waals surface area contributed by atoms with Crippen LogP contribution >= 0.6 is 24.0 Å². The number of aryl methyl sites for hydroxylation is 2. The van der Waals surface area contributed by atoms with E-state index < -0.39 is 0 Å². The van der Waals surface area contributed by atoms with E-state index >= 15 is 0 Å². The van der Waals surface area contributed by atoms with Gasteiger partial charge in [0, 0.05) is 50.0 Å². The second kappa shape index (κ2) is 9.57. The van der Waals surface area contributed by atoms with Crippen molar-refractivity contribution in [2.45, 2.75) is 19.9 Å². The van der Waals surface area contributed by atoms with E-state index in [-0.39, 0.29) is 18.0 Å². The lowest BCUT2D eigenvalue weighted by Gasteiger charge is -2.36. The molecule has 0 radical (unpaired) electrons. The van der Waals surface area contributed by atoms with Gasteiger partial charge in [-0.2, -0.15) is 0 Å². The second-order valence-electron chi connectivity index (χ2n) is 7.30. The molecule has 2 heterocycles. The number of anilines is 1. The van der Waals surface area contributed by atoms with Crippen LogP contribution in [0.15, 0.2) is 47.3 Å². The van der Waals surface area contributed by atoms with Crippen LogP contribution in [-0.2, 0) is 6.54 Å². The number of piperazine rings is 1. The molecule has 0 unspecified atom stereocenters. The Morgan fingerprint density at radius 2 is 1.83 bits per heavy atom. The predicted molar refractivity (Wildman–Crippen MR) is 121 cm³/mol. The number of benzene rings is 2. The molecule has 1 aliphatic heterocycles. The highest BCUT2D eigenvalue weighted by molar-refractivity contribution is 6.30. The van der Waals surface area contributed by atoms with Crippen molar-refractivity contribution in [3.8, 4) is 0 Å². The SMILES string of the molecule is Cc1ccc2nnn(CCCN3CCN(c4cccc(Cl)c4)CC3)c(=O)c2c1.Cl. The minimum absolute atomic E-state index is 0. The molecule has 1 fully saturated rings. The molecule has 0 atom stereocenters. The Kier molecular flexibility index (Phi) is 7.11. The molecule has 1 saturated heterocycles. The van der Waals surface area contributed by atoms with Gasteiger partial charge in [0.25, 0.3) is 5.56 Å². The maximum absolute atomic E-state index is 12.6. The van der Waals surface area contributed by atoms with Crippen molar-refractivity contribution < 1.29 is 0 Å². The molecule has 0 aliphatic carbocycles. The van der Waals surface area contributed by atoms with E-state index in [0.717, 1.165) is 49.7 Å². The Bertz CT molecular complexity index is 1030. The summed E-state index contributed by atoms with van der Waals surface area (Å²) in [6.07, 6.45) is 0.878. The van der Waals surface area contributed by atoms with Gasteiger partial charge in [0.15, 0.2) is 0 Å². The summed E-state index contributed by atoms with van der Waals surface area (Å²) in [5.41, 5.74) is 2.84. The van der Waals surface area contributed by atoms with Gasteiger partial charge in [-0.1, -0.05) is 34.5 Å². The van der Waals surface area contributed by atoms with E-state index in [2.05, 4.69) is 26.2 Å². The fourth-order valence-electron chi connectivity index (χ4n) is 3.68. The summed E-state index contributed by atoms with van der Waals surface area (Å²) in [4.78, 5) is 17.4. The van der Waals surface area contributed by atoms with E-state index in [9.17, 15) is 4.79 Å². The molecule has 6 nitrogen and oxygen atoms in total.